The Morgan fingerprint density at radius 1 is 1.29 bits per heavy atom. The molecule has 1 amide bonds. The molecule has 0 spiro atoms. The molecule has 1 aliphatic carbocycles. The average Bonchev–Trinajstić information content (AvgIpc) is 2.98. The van der Waals surface area contributed by atoms with Gasteiger partial charge in [-0.25, -0.2) is 9.78 Å². The van der Waals surface area contributed by atoms with Crippen LogP contribution in [-0.4, -0.2) is 25.8 Å². The standard InChI is InChI=1S/C20H22N6O2/c1-26-12-15(10-24-26)25-19-9-14(6-7-22-19)17-8-13-4-2-3-5-18(28-20(21)27)16(13)11-23-17/h6-12,18H,2-5H2,1H3,(H2,21,27)(H,22,25). The predicted octanol–water partition coefficient (Wildman–Crippen LogP) is 3.48. The molecule has 3 aromatic rings. The molecule has 8 heteroatoms. The fourth-order valence-corrected chi connectivity index (χ4v) is 3.53. The zero-order valence-corrected chi connectivity index (χ0v) is 15.6. The van der Waals surface area contributed by atoms with Crippen LogP contribution in [0.4, 0.5) is 16.3 Å². The number of hydrogen-bond acceptors (Lipinski definition) is 6. The summed E-state index contributed by atoms with van der Waals surface area (Å²) in [5, 5.41) is 7.39. The summed E-state index contributed by atoms with van der Waals surface area (Å²) in [6.07, 6.45) is 9.83. The second kappa shape index (κ2) is 7.67. The summed E-state index contributed by atoms with van der Waals surface area (Å²) in [5.74, 6) is 0.720. The number of aromatic nitrogens is 4. The van der Waals surface area contributed by atoms with Crippen LogP contribution >= 0.6 is 0 Å². The van der Waals surface area contributed by atoms with Crippen LogP contribution < -0.4 is 11.1 Å². The minimum atomic E-state index is -0.748. The lowest BCUT2D eigenvalue weighted by atomic mass is 10.0. The van der Waals surface area contributed by atoms with E-state index in [1.165, 1.54) is 0 Å². The van der Waals surface area contributed by atoms with Gasteiger partial charge in [-0.15, -0.1) is 0 Å². The number of carbonyl (C=O) groups excluding carboxylic acids is 1. The Balaban J connectivity index is 1.62. The second-order valence-electron chi connectivity index (χ2n) is 6.90. The molecule has 28 heavy (non-hydrogen) atoms. The van der Waals surface area contributed by atoms with Crippen LogP contribution in [0.15, 0.2) is 43.0 Å². The van der Waals surface area contributed by atoms with E-state index in [0.717, 1.165) is 59.6 Å². The number of aryl methyl sites for hydroxylation is 2. The van der Waals surface area contributed by atoms with Crippen LogP contribution in [0.3, 0.4) is 0 Å². The second-order valence-corrected chi connectivity index (χ2v) is 6.90. The minimum Gasteiger partial charge on any atom is -0.441 e. The van der Waals surface area contributed by atoms with E-state index in [1.807, 2.05) is 25.4 Å². The molecule has 3 heterocycles. The Labute approximate surface area is 162 Å². The van der Waals surface area contributed by atoms with E-state index in [-0.39, 0.29) is 6.10 Å². The van der Waals surface area contributed by atoms with E-state index in [1.54, 1.807) is 23.3 Å². The first-order chi connectivity index (χ1) is 13.6. The molecule has 0 bridgehead atoms. The minimum absolute atomic E-state index is 0.322. The van der Waals surface area contributed by atoms with Gasteiger partial charge in [0.15, 0.2) is 0 Å². The molecule has 0 fully saturated rings. The van der Waals surface area contributed by atoms with Crippen molar-refractivity contribution in [1.29, 1.82) is 0 Å². The van der Waals surface area contributed by atoms with Gasteiger partial charge in [0.1, 0.15) is 11.9 Å². The molecule has 1 aliphatic rings. The van der Waals surface area contributed by atoms with Crippen molar-refractivity contribution in [2.75, 3.05) is 5.32 Å². The Hall–Kier alpha value is -3.42. The largest absolute Gasteiger partial charge is 0.441 e. The van der Waals surface area contributed by atoms with Gasteiger partial charge in [-0.1, -0.05) is 0 Å². The monoisotopic (exact) mass is 378 g/mol. The van der Waals surface area contributed by atoms with E-state index in [0.29, 0.717) is 0 Å². The van der Waals surface area contributed by atoms with Gasteiger partial charge in [0.2, 0.25) is 0 Å². The van der Waals surface area contributed by atoms with Crippen molar-refractivity contribution in [3.05, 3.63) is 54.1 Å². The van der Waals surface area contributed by atoms with Crippen LogP contribution in [0.25, 0.3) is 11.3 Å². The number of carbonyl (C=O) groups is 1. The molecule has 0 radical (unpaired) electrons. The highest BCUT2D eigenvalue weighted by molar-refractivity contribution is 5.67. The Morgan fingerprint density at radius 3 is 2.96 bits per heavy atom. The number of nitrogens with zero attached hydrogens (tertiary/aromatic N) is 4. The highest BCUT2D eigenvalue weighted by Crippen LogP contribution is 2.33. The van der Waals surface area contributed by atoms with Gasteiger partial charge in [-0.05, 0) is 49.4 Å². The maximum absolute atomic E-state index is 11.2. The van der Waals surface area contributed by atoms with Gasteiger partial charge >= 0.3 is 6.09 Å². The highest BCUT2D eigenvalue weighted by atomic mass is 16.6. The van der Waals surface area contributed by atoms with Gasteiger partial charge in [0.05, 0.1) is 17.6 Å². The smallest absolute Gasteiger partial charge is 0.405 e. The normalized spacial score (nSPS) is 16.1. The van der Waals surface area contributed by atoms with Gasteiger partial charge in [-0.3, -0.25) is 9.67 Å². The molecule has 0 aromatic carbocycles. The number of primary amides is 1. The summed E-state index contributed by atoms with van der Waals surface area (Å²) in [7, 11) is 1.86. The zero-order chi connectivity index (χ0) is 19.5. The number of pyridine rings is 2. The number of fused-ring (bicyclic) bond motifs is 1. The van der Waals surface area contributed by atoms with Crippen LogP contribution in [0.1, 0.15) is 36.5 Å². The molecule has 1 unspecified atom stereocenters. The first kappa shape index (κ1) is 18.0. The molecular formula is C20H22N6O2. The number of anilines is 2. The fraction of sp³-hybridized carbons (Fsp3) is 0.300. The lowest BCUT2D eigenvalue weighted by Crippen LogP contribution is -2.17. The summed E-state index contributed by atoms with van der Waals surface area (Å²) >= 11 is 0. The topological polar surface area (TPSA) is 108 Å². The summed E-state index contributed by atoms with van der Waals surface area (Å²) in [6, 6.07) is 5.95. The van der Waals surface area contributed by atoms with Crippen molar-refractivity contribution in [3.8, 4) is 11.3 Å². The Morgan fingerprint density at radius 2 is 2.18 bits per heavy atom. The molecule has 8 nitrogen and oxygen atoms in total. The van der Waals surface area contributed by atoms with Gasteiger partial charge in [0.25, 0.3) is 0 Å². The average molecular weight is 378 g/mol. The number of nitrogens with two attached hydrogens (primary N) is 1. The predicted molar refractivity (Wildman–Crippen MR) is 105 cm³/mol. The van der Waals surface area contributed by atoms with Crippen LogP contribution in [0, 0.1) is 0 Å². The third kappa shape index (κ3) is 3.95. The van der Waals surface area contributed by atoms with Crippen LogP contribution in [-0.2, 0) is 18.2 Å². The third-order valence-electron chi connectivity index (χ3n) is 4.83. The molecule has 0 saturated heterocycles. The summed E-state index contributed by atoms with van der Waals surface area (Å²) < 4.78 is 7.03. The van der Waals surface area contributed by atoms with E-state index >= 15 is 0 Å². The molecular weight excluding hydrogens is 356 g/mol. The number of nitrogens with one attached hydrogen (secondary N) is 1. The summed E-state index contributed by atoms with van der Waals surface area (Å²) in [4.78, 5) is 20.2. The molecule has 0 aliphatic heterocycles. The highest BCUT2D eigenvalue weighted by Gasteiger charge is 2.22. The third-order valence-corrected chi connectivity index (χ3v) is 4.83. The Kier molecular flexibility index (Phi) is 4.92. The zero-order valence-electron chi connectivity index (χ0n) is 15.6. The van der Waals surface area contributed by atoms with Crippen LogP contribution in [0.5, 0.6) is 0 Å². The van der Waals surface area contributed by atoms with Crippen LogP contribution in [0.2, 0.25) is 0 Å². The molecule has 144 valence electrons. The summed E-state index contributed by atoms with van der Waals surface area (Å²) in [6.45, 7) is 0. The number of amides is 1. The quantitative estimate of drug-likeness (QED) is 0.673. The van der Waals surface area contributed by atoms with Crippen molar-refractivity contribution in [1.82, 2.24) is 19.7 Å². The Bertz CT molecular complexity index is 1000. The molecule has 4 rings (SSSR count). The molecule has 0 saturated carbocycles. The van der Waals surface area contributed by atoms with E-state index in [4.69, 9.17) is 10.5 Å². The van der Waals surface area contributed by atoms with E-state index in [2.05, 4.69) is 26.4 Å². The lowest BCUT2D eigenvalue weighted by Gasteiger charge is -2.17. The maximum Gasteiger partial charge on any atom is 0.405 e. The lowest BCUT2D eigenvalue weighted by molar-refractivity contribution is 0.101. The van der Waals surface area contributed by atoms with E-state index < -0.39 is 6.09 Å². The SMILES string of the molecule is Cn1cc(Nc2cc(-c3cc4c(cn3)C(OC(N)=O)CCCC4)ccn2)cn1. The number of ether oxygens (including phenoxy) is 1. The maximum atomic E-state index is 11.2. The van der Waals surface area contributed by atoms with Crippen molar-refractivity contribution < 1.29 is 9.53 Å². The fourth-order valence-electron chi connectivity index (χ4n) is 3.53. The van der Waals surface area contributed by atoms with Gasteiger partial charge < -0.3 is 15.8 Å². The first-order valence-corrected chi connectivity index (χ1v) is 9.25. The number of hydrogen-bond donors (Lipinski definition) is 2. The molecule has 3 aromatic heterocycles. The van der Waals surface area contributed by atoms with Crippen molar-refractivity contribution in [2.45, 2.75) is 31.8 Å². The first-order valence-electron chi connectivity index (χ1n) is 9.25. The molecule has 3 N–H and O–H groups in total. The van der Waals surface area contributed by atoms with Gasteiger partial charge in [0, 0.05) is 36.8 Å². The van der Waals surface area contributed by atoms with Crippen molar-refractivity contribution in [2.24, 2.45) is 12.8 Å². The van der Waals surface area contributed by atoms with Crippen molar-refractivity contribution >= 4 is 17.6 Å². The van der Waals surface area contributed by atoms with Crippen molar-refractivity contribution in [3.63, 3.8) is 0 Å². The summed E-state index contributed by atoms with van der Waals surface area (Å²) in [5.41, 5.74) is 10.0. The number of rotatable bonds is 4. The molecule has 1 atom stereocenters. The van der Waals surface area contributed by atoms with E-state index in [9.17, 15) is 4.79 Å². The van der Waals surface area contributed by atoms with Gasteiger partial charge in [-0.2, -0.15) is 5.10 Å².